The highest BCUT2D eigenvalue weighted by atomic mass is 32.2. The number of hydrogen-bond acceptors (Lipinski definition) is 4. The van der Waals surface area contributed by atoms with E-state index in [1.54, 1.807) is 12.1 Å². The van der Waals surface area contributed by atoms with Crippen LogP contribution in [0.5, 0.6) is 0 Å². The molecule has 0 bridgehead atoms. The SMILES string of the molecule is CCCCc1ccc(S(=O)(=O)Nc2nc3ccc(C)cc3s2)cc1. The van der Waals surface area contributed by atoms with Gasteiger partial charge in [-0.3, -0.25) is 4.72 Å². The summed E-state index contributed by atoms with van der Waals surface area (Å²) in [6.45, 7) is 4.14. The number of anilines is 1. The van der Waals surface area contributed by atoms with Gasteiger partial charge in [-0.05, 0) is 55.2 Å². The van der Waals surface area contributed by atoms with Gasteiger partial charge in [-0.25, -0.2) is 13.4 Å². The molecule has 0 atom stereocenters. The van der Waals surface area contributed by atoms with Crippen LogP contribution in [0.25, 0.3) is 10.2 Å². The number of rotatable bonds is 6. The number of hydrogen-bond donors (Lipinski definition) is 1. The lowest BCUT2D eigenvalue weighted by molar-refractivity contribution is 0.601. The number of nitrogens with one attached hydrogen (secondary N) is 1. The summed E-state index contributed by atoms with van der Waals surface area (Å²) >= 11 is 1.35. The first-order chi connectivity index (χ1) is 11.5. The van der Waals surface area contributed by atoms with Crippen molar-refractivity contribution in [3.05, 3.63) is 53.6 Å². The number of fused-ring (bicyclic) bond motifs is 1. The van der Waals surface area contributed by atoms with Gasteiger partial charge in [-0.15, -0.1) is 0 Å². The van der Waals surface area contributed by atoms with E-state index in [9.17, 15) is 8.42 Å². The summed E-state index contributed by atoms with van der Waals surface area (Å²) in [7, 11) is -3.61. The molecule has 3 rings (SSSR count). The summed E-state index contributed by atoms with van der Waals surface area (Å²) in [5, 5.41) is 0.394. The lowest BCUT2D eigenvalue weighted by atomic mass is 10.1. The normalized spacial score (nSPS) is 11.8. The summed E-state index contributed by atoms with van der Waals surface area (Å²) in [5.41, 5.74) is 3.09. The summed E-state index contributed by atoms with van der Waals surface area (Å²) in [5.74, 6) is 0. The van der Waals surface area contributed by atoms with Crippen molar-refractivity contribution in [2.75, 3.05) is 4.72 Å². The molecular formula is C18H20N2O2S2. The molecular weight excluding hydrogens is 340 g/mol. The Morgan fingerprint density at radius 2 is 1.88 bits per heavy atom. The zero-order valence-corrected chi connectivity index (χ0v) is 15.4. The van der Waals surface area contributed by atoms with Crippen LogP contribution in [0.15, 0.2) is 47.4 Å². The molecule has 0 amide bonds. The van der Waals surface area contributed by atoms with Crippen molar-refractivity contribution in [2.45, 2.75) is 38.0 Å². The van der Waals surface area contributed by atoms with Crippen molar-refractivity contribution in [3.8, 4) is 0 Å². The highest BCUT2D eigenvalue weighted by Crippen LogP contribution is 2.28. The molecule has 0 saturated heterocycles. The number of aromatic nitrogens is 1. The highest BCUT2D eigenvalue weighted by Gasteiger charge is 2.16. The number of nitrogens with zero attached hydrogens (tertiary/aromatic N) is 1. The van der Waals surface area contributed by atoms with Crippen molar-refractivity contribution < 1.29 is 8.42 Å². The van der Waals surface area contributed by atoms with E-state index in [0.717, 1.165) is 40.6 Å². The van der Waals surface area contributed by atoms with Crippen LogP contribution in [0.4, 0.5) is 5.13 Å². The third kappa shape index (κ3) is 3.76. The van der Waals surface area contributed by atoms with Gasteiger partial charge in [0.05, 0.1) is 15.1 Å². The third-order valence-electron chi connectivity index (χ3n) is 3.82. The quantitative estimate of drug-likeness (QED) is 0.690. The average molecular weight is 361 g/mol. The molecule has 0 aliphatic rings. The Bertz CT molecular complexity index is 945. The summed E-state index contributed by atoms with van der Waals surface area (Å²) in [6.07, 6.45) is 3.20. The van der Waals surface area contributed by atoms with Crippen molar-refractivity contribution in [3.63, 3.8) is 0 Å². The summed E-state index contributed by atoms with van der Waals surface area (Å²) < 4.78 is 28.6. The maximum Gasteiger partial charge on any atom is 0.263 e. The van der Waals surface area contributed by atoms with Crippen LogP contribution >= 0.6 is 11.3 Å². The van der Waals surface area contributed by atoms with E-state index < -0.39 is 10.0 Å². The van der Waals surface area contributed by atoms with Gasteiger partial charge in [0.15, 0.2) is 5.13 Å². The van der Waals surface area contributed by atoms with E-state index in [2.05, 4.69) is 16.6 Å². The molecule has 1 aromatic heterocycles. The largest absolute Gasteiger partial charge is 0.263 e. The predicted molar refractivity (Wildman–Crippen MR) is 100 cm³/mol. The molecule has 0 fully saturated rings. The molecule has 0 radical (unpaired) electrons. The van der Waals surface area contributed by atoms with Crippen LogP contribution in [0, 0.1) is 6.92 Å². The van der Waals surface area contributed by atoms with Gasteiger partial charge >= 0.3 is 0 Å². The molecule has 0 spiro atoms. The fourth-order valence-electron chi connectivity index (χ4n) is 2.47. The predicted octanol–water partition coefficient (Wildman–Crippen LogP) is 4.75. The second-order valence-corrected chi connectivity index (χ2v) is 8.56. The van der Waals surface area contributed by atoms with Gasteiger partial charge in [0.2, 0.25) is 0 Å². The van der Waals surface area contributed by atoms with Crippen molar-refractivity contribution >= 4 is 36.7 Å². The van der Waals surface area contributed by atoms with Crippen LogP contribution in [-0.4, -0.2) is 13.4 Å². The first-order valence-electron chi connectivity index (χ1n) is 7.97. The van der Waals surface area contributed by atoms with E-state index in [0.29, 0.717) is 5.13 Å². The van der Waals surface area contributed by atoms with E-state index >= 15 is 0 Å². The van der Waals surface area contributed by atoms with Gasteiger partial charge in [0, 0.05) is 0 Å². The van der Waals surface area contributed by atoms with Gasteiger partial charge in [0.25, 0.3) is 10.0 Å². The maximum absolute atomic E-state index is 12.5. The molecule has 3 aromatic rings. The lowest BCUT2D eigenvalue weighted by Gasteiger charge is -2.06. The maximum atomic E-state index is 12.5. The van der Waals surface area contributed by atoms with E-state index in [1.807, 2.05) is 37.3 Å². The monoisotopic (exact) mass is 360 g/mol. The minimum absolute atomic E-state index is 0.262. The third-order valence-corrected chi connectivity index (χ3v) is 6.24. The number of thiazole rings is 1. The molecule has 1 N–H and O–H groups in total. The molecule has 2 aromatic carbocycles. The topological polar surface area (TPSA) is 59.1 Å². The Kier molecular flexibility index (Phi) is 4.87. The number of aryl methyl sites for hydroxylation is 2. The molecule has 1 heterocycles. The molecule has 4 nitrogen and oxygen atoms in total. The van der Waals surface area contributed by atoms with Crippen LogP contribution in [0.1, 0.15) is 30.9 Å². The fraction of sp³-hybridized carbons (Fsp3) is 0.278. The Morgan fingerprint density at radius 3 is 2.58 bits per heavy atom. The Morgan fingerprint density at radius 1 is 1.12 bits per heavy atom. The Balaban J connectivity index is 1.81. The molecule has 24 heavy (non-hydrogen) atoms. The van der Waals surface area contributed by atoms with Crippen LogP contribution in [0.3, 0.4) is 0 Å². The van der Waals surface area contributed by atoms with E-state index in [1.165, 1.54) is 11.3 Å². The van der Waals surface area contributed by atoms with Gasteiger partial charge in [-0.1, -0.05) is 42.9 Å². The average Bonchev–Trinajstić information content (AvgIpc) is 2.93. The van der Waals surface area contributed by atoms with Gasteiger partial charge < -0.3 is 0 Å². The standard InChI is InChI=1S/C18H20N2O2S2/c1-3-4-5-14-7-9-15(10-8-14)24(21,22)20-18-19-16-11-6-13(2)12-17(16)23-18/h6-12H,3-5H2,1-2H3,(H,19,20). The highest BCUT2D eigenvalue weighted by molar-refractivity contribution is 7.93. The second-order valence-electron chi connectivity index (χ2n) is 5.84. The lowest BCUT2D eigenvalue weighted by Crippen LogP contribution is -2.12. The number of benzene rings is 2. The molecule has 0 aliphatic carbocycles. The van der Waals surface area contributed by atoms with E-state index in [4.69, 9.17) is 0 Å². The van der Waals surface area contributed by atoms with Gasteiger partial charge in [0.1, 0.15) is 0 Å². The first kappa shape index (κ1) is 16.9. The fourth-order valence-corrected chi connectivity index (χ4v) is 4.66. The van der Waals surface area contributed by atoms with Crippen LogP contribution in [0.2, 0.25) is 0 Å². The first-order valence-corrected chi connectivity index (χ1v) is 10.3. The second kappa shape index (κ2) is 6.91. The summed E-state index contributed by atoms with van der Waals surface area (Å²) in [6, 6.07) is 13.0. The van der Waals surface area contributed by atoms with Gasteiger partial charge in [-0.2, -0.15) is 0 Å². The van der Waals surface area contributed by atoms with Crippen LogP contribution in [-0.2, 0) is 16.4 Å². The van der Waals surface area contributed by atoms with Crippen LogP contribution < -0.4 is 4.72 Å². The van der Waals surface area contributed by atoms with Crippen molar-refractivity contribution in [2.24, 2.45) is 0 Å². The minimum atomic E-state index is -3.61. The molecule has 0 saturated carbocycles. The number of sulfonamides is 1. The van der Waals surface area contributed by atoms with Crippen molar-refractivity contribution in [1.82, 2.24) is 4.98 Å². The Labute approximate surface area is 146 Å². The Hall–Kier alpha value is -1.92. The molecule has 0 aliphatic heterocycles. The molecule has 6 heteroatoms. The smallest absolute Gasteiger partial charge is 0.255 e. The van der Waals surface area contributed by atoms with Crippen molar-refractivity contribution in [1.29, 1.82) is 0 Å². The zero-order valence-electron chi connectivity index (χ0n) is 13.7. The zero-order chi connectivity index (χ0) is 17.2. The minimum Gasteiger partial charge on any atom is -0.255 e. The molecule has 0 unspecified atom stereocenters. The number of unbranched alkanes of at least 4 members (excludes halogenated alkanes) is 1. The van der Waals surface area contributed by atoms with E-state index in [-0.39, 0.29) is 4.90 Å². The molecule has 126 valence electrons. The summed E-state index contributed by atoms with van der Waals surface area (Å²) in [4.78, 5) is 4.61.